The van der Waals surface area contributed by atoms with E-state index in [1.807, 2.05) is 18.2 Å². The maximum Gasteiger partial charge on any atom is 0.303 e. The minimum atomic E-state index is -0.798. The maximum atomic E-state index is 11.0. The summed E-state index contributed by atoms with van der Waals surface area (Å²) in [6, 6.07) is 22.6. The quantitative estimate of drug-likeness (QED) is 0.630. The minimum absolute atomic E-state index is 0. The normalized spacial score (nSPS) is 10.5. The number of rotatable bonds is 6. The molecule has 0 saturated carbocycles. The molecule has 134 valence electrons. The van der Waals surface area contributed by atoms with Crippen molar-refractivity contribution in [3.63, 3.8) is 0 Å². The number of ether oxygens (including phenoxy) is 1. The van der Waals surface area contributed by atoms with Gasteiger partial charge in [-0.15, -0.1) is 0 Å². The summed E-state index contributed by atoms with van der Waals surface area (Å²) in [6.07, 6.45) is 0.572. The summed E-state index contributed by atoms with van der Waals surface area (Å²) >= 11 is 0. The molecule has 0 unspecified atom stereocenters. The first-order valence-corrected chi connectivity index (χ1v) is 8.63. The molecular weight excluding hydrogens is 324 g/mol. The van der Waals surface area contributed by atoms with Crippen molar-refractivity contribution in [2.24, 2.45) is 0 Å². The van der Waals surface area contributed by atoms with Crippen molar-refractivity contribution in [1.29, 1.82) is 0 Å². The number of hydrogen-bond acceptors (Lipinski definition) is 2. The molecule has 0 aliphatic carbocycles. The first-order valence-electron chi connectivity index (χ1n) is 8.63. The van der Waals surface area contributed by atoms with E-state index in [9.17, 15) is 4.79 Å². The Kier molecular flexibility index (Phi) is 5.37. The summed E-state index contributed by atoms with van der Waals surface area (Å²) in [7, 11) is 1.62. The van der Waals surface area contributed by atoms with E-state index in [-0.39, 0.29) is 7.85 Å². The summed E-state index contributed by atoms with van der Waals surface area (Å²) in [4.78, 5) is 11.0. The third-order valence-corrected chi connectivity index (χ3v) is 4.47. The molecular formula is C23H24O3. The van der Waals surface area contributed by atoms with E-state index in [1.54, 1.807) is 7.11 Å². The van der Waals surface area contributed by atoms with Gasteiger partial charge in [0.2, 0.25) is 0 Å². The SMILES string of the molecule is COc1ccc(-c2ccc(-c3cccc(C)c3)cc2)c(CCC(=O)O)c1.[HH]. The van der Waals surface area contributed by atoms with Gasteiger partial charge < -0.3 is 9.84 Å². The van der Waals surface area contributed by atoms with E-state index in [4.69, 9.17) is 9.84 Å². The van der Waals surface area contributed by atoms with Gasteiger partial charge in [-0.05, 0) is 53.3 Å². The standard InChI is InChI=1S/C23H22O3.H2/c1-16-4-3-5-19(14-16)17-6-8-18(9-7-17)22-12-11-21(26-2)15-20(22)10-13-23(24)25;/h3-9,11-12,14-15H,10,13H2,1-2H3,(H,24,25);1H. The van der Waals surface area contributed by atoms with Crippen LogP contribution in [0.2, 0.25) is 0 Å². The highest BCUT2D eigenvalue weighted by Crippen LogP contribution is 2.30. The highest BCUT2D eigenvalue weighted by molar-refractivity contribution is 5.74. The smallest absolute Gasteiger partial charge is 0.303 e. The van der Waals surface area contributed by atoms with Crippen molar-refractivity contribution in [3.8, 4) is 28.0 Å². The zero-order valence-electron chi connectivity index (χ0n) is 15.0. The number of aliphatic carboxylic acids is 1. The van der Waals surface area contributed by atoms with Gasteiger partial charge in [-0.3, -0.25) is 4.79 Å². The lowest BCUT2D eigenvalue weighted by molar-refractivity contribution is -0.136. The van der Waals surface area contributed by atoms with Crippen LogP contribution in [0.3, 0.4) is 0 Å². The van der Waals surface area contributed by atoms with E-state index in [0.717, 1.165) is 28.0 Å². The van der Waals surface area contributed by atoms with Crippen LogP contribution in [0, 0.1) is 6.92 Å². The first-order chi connectivity index (χ1) is 12.6. The van der Waals surface area contributed by atoms with Crippen molar-refractivity contribution in [2.45, 2.75) is 19.8 Å². The molecule has 0 bridgehead atoms. The van der Waals surface area contributed by atoms with Gasteiger partial charge in [-0.25, -0.2) is 0 Å². The first kappa shape index (κ1) is 17.7. The summed E-state index contributed by atoms with van der Waals surface area (Å²) < 4.78 is 5.29. The highest BCUT2D eigenvalue weighted by Gasteiger charge is 2.09. The number of methoxy groups -OCH3 is 1. The average molecular weight is 348 g/mol. The van der Waals surface area contributed by atoms with Crippen LogP contribution in [0.25, 0.3) is 22.3 Å². The lowest BCUT2D eigenvalue weighted by atomic mass is 9.94. The van der Waals surface area contributed by atoms with E-state index in [1.165, 1.54) is 11.1 Å². The number of carbonyl (C=O) groups is 1. The third-order valence-electron chi connectivity index (χ3n) is 4.47. The topological polar surface area (TPSA) is 46.5 Å². The fourth-order valence-electron chi connectivity index (χ4n) is 3.09. The number of hydrogen-bond donors (Lipinski definition) is 1. The molecule has 26 heavy (non-hydrogen) atoms. The third kappa shape index (κ3) is 4.12. The molecule has 0 saturated heterocycles. The van der Waals surface area contributed by atoms with Gasteiger partial charge in [-0.1, -0.05) is 60.2 Å². The summed E-state index contributed by atoms with van der Waals surface area (Å²) in [5.41, 5.74) is 6.69. The molecule has 0 amide bonds. The van der Waals surface area contributed by atoms with Crippen molar-refractivity contribution in [2.75, 3.05) is 7.11 Å². The molecule has 3 aromatic rings. The Morgan fingerprint density at radius 1 is 0.962 bits per heavy atom. The molecule has 1 N–H and O–H groups in total. The highest BCUT2D eigenvalue weighted by atomic mass is 16.5. The summed E-state index contributed by atoms with van der Waals surface area (Å²) in [5, 5.41) is 9.02. The number of aryl methyl sites for hydroxylation is 2. The lowest BCUT2D eigenvalue weighted by Gasteiger charge is -2.12. The molecule has 3 rings (SSSR count). The van der Waals surface area contributed by atoms with Crippen LogP contribution in [-0.4, -0.2) is 18.2 Å². The molecule has 0 heterocycles. The zero-order valence-corrected chi connectivity index (χ0v) is 15.0. The largest absolute Gasteiger partial charge is 0.497 e. The molecule has 3 aromatic carbocycles. The minimum Gasteiger partial charge on any atom is -0.497 e. The van der Waals surface area contributed by atoms with Crippen LogP contribution >= 0.6 is 0 Å². The van der Waals surface area contributed by atoms with E-state index in [2.05, 4.69) is 55.5 Å². The Morgan fingerprint density at radius 2 is 1.69 bits per heavy atom. The van der Waals surface area contributed by atoms with Crippen LogP contribution in [0.1, 0.15) is 19.0 Å². The molecule has 0 atom stereocenters. The summed E-state index contributed by atoms with van der Waals surface area (Å²) in [6.45, 7) is 2.09. The van der Waals surface area contributed by atoms with Gasteiger partial charge in [0, 0.05) is 7.85 Å². The molecule has 0 aromatic heterocycles. The van der Waals surface area contributed by atoms with Gasteiger partial charge in [0.05, 0.1) is 7.11 Å². The predicted octanol–water partition coefficient (Wildman–Crippen LogP) is 5.60. The number of carboxylic acids is 1. The van der Waals surface area contributed by atoms with Gasteiger partial charge in [0.15, 0.2) is 0 Å². The fraction of sp³-hybridized carbons (Fsp3) is 0.174. The van der Waals surface area contributed by atoms with Gasteiger partial charge in [0.25, 0.3) is 0 Å². The van der Waals surface area contributed by atoms with Crippen LogP contribution in [-0.2, 0) is 11.2 Å². The summed E-state index contributed by atoms with van der Waals surface area (Å²) in [5.74, 6) is -0.0564. The van der Waals surface area contributed by atoms with Gasteiger partial charge in [0.1, 0.15) is 5.75 Å². The Morgan fingerprint density at radius 3 is 2.35 bits per heavy atom. The number of benzene rings is 3. The van der Waals surface area contributed by atoms with Crippen LogP contribution in [0.4, 0.5) is 0 Å². The zero-order chi connectivity index (χ0) is 18.5. The molecule has 0 spiro atoms. The van der Waals surface area contributed by atoms with Crippen LogP contribution in [0.15, 0.2) is 66.7 Å². The van der Waals surface area contributed by atoms with Crippen LogP contribution < -0.4 is 4.74 Å². The Balaban J connectivity index is 0.00000261. The van der Waals surface area contributed by atoms with Crippen molar-refractivity contribution < 1.29 is 16.1 Å². The maximum absolute atomic E-state index is 11.0. The van der Waals surface area contributed by atoms with Gasteiger partial charge >= 0.3 is 5.97 Å². The molecule has 0 aliphatic rings. The molecule has 3 heteroatoms. The van der Waals surface area contributed by atoms with Crippen molar-refractivity contribution in [1.82, 2.24) is 0 Å². The molecule has 3 nitrogen and oxygen atoms in total. The predicted molar refractivity (Wildman–Crippen MR) is 107 cm³/mol. The lowest BCUT2D eigenvalue weighted by Crippen LogP contribution is -1.99. The molecule has 0 radical (unpaired) electrons. The van der Waals surface area contributed by atoms with E-state index >= 15 is 0 Å². The Labute approximate surface area is 155 Å². The van der Waals surface area contributed by atoms with E-state index < -0.39 is 5.97 Å². The number of carboxylic acid groups (broad SMARTS) is 1. The Bertz CT molecular complexity index is 917. The van der Waals surface area contributed by atoms with Gasteiger partial charge in [-0.2, -0.15) is 0 Å². The Hall–Kier alpha value is -3.07. The second kappa shape index (κ2) is 7.87. The van der Waals surface area contributed by atoms with E-state index in [0.29, 0.717) is 6.42 Å². The van der Waals surface area contributed by atoms with Crippen molar-refractivity contribution >= 4 is 5.97 Å². The monoisotopic (exact) mass is 348 g/mol. The second-order valence-corrected chi connectivity index (χ2v) is 6.36. The second-order valence-electron chi connectivity index (χ2n) is 6.36. The molecule has 0 fully saturated rings. The van der Waals surface area contributed by atoms with Crippen molar-refractivity contribution in [3.05, 3.63) is 77.9 Å². The average Bonchev–Trinajstić information content (AvgIpc) is 2.66. The molecule has 0 aliphatic heterocycles. The fourth-order valence-corrected chi connectivity index (χ4v) is 3.09. The van der Waals surface area contributed by atoms with Crippen LogP contribution in [0.5, 0.6) is 5.75 Å².